The van der Waals surface area contributed by atoms with Crippen LogP contribution < -0.4 is 0 Å². The van der Waals surface area contributed by atoms with Crippen LogP contribution in [0.15, 0.2) is 12.2 Å². The van der Waals surface area contributed by atoms with Crippen LogP contribution in [0.25, 0.3) is 0 Å². The summed E-state index contributed by atoms with van der Waals surface area (Å²) in [5, 5.41) is 0. The van der Waals surface area contributed by atoms with Crippen LogP contribution in [0.3, 0.4) is 0 Å². The first-order chi connectivity index (χ1) is 6.54. The van der Waals surface area contributed by atoms with Gasteiger partial charge in [-0.25, -0.2) is 0 Å². The van der Waals surface area contributed by atoms with E-state index >= 15 is 0 Å². The molecule has 82 valence electrons. The largest absolute Gasteiger partial charge is 0.466 e. The predicted octanol–water partition coefficient (Wildman–Crippen LogP) is 3.32. The fourth-order valence-electron chi connectivity index (χ4n) is 1.16. The fourth-order valence-corrected chi connectivity index (χ4v) is 1.16. The average molecular weight is 198 g/mol. The first-order valence-corrected chi connectivity index (χ1v) is 5.36. The molecule has 2 nitrogen and oxygen atoms in total. The molecule has 0 aliphatic heterocycles. The van der Waals surface area contributed by atoms with Crippen molar-refractivity contribution in [3.8, 4) is 0 Å². The number of allylic oxidation sites excluding steroid dienone is 2. The van der Waals surface area contributed by atoms with Crippen LogP contribution in [-0.4, -0.2) is 12.6 Å². The lowest BCUT2D eigenvalue weighted by Gasteiger charge is -2.21. The number of esters is 1. The number of carbonyl (C=O) groups is 1. The van der Waals surface area contributed by atoms with Gasteiger partial charge in [0.05, 0.1) is 12.0 Å². The number of rotatable bonds is 6. The summed E-state index contributed by atoms with van der Waals surface area (Å²) in [4.78, 5) is 11.5. The van der Waals surface area contributed by atoms with E-state index < -0.39 is 0 Å². The van der Waals surface area contributed by atoms with Crippen molar-refractivity contribution in [2.45, 2.75) is 47.0 Å². The Hall–Kier alpha value is -0.790. The SMILES string of the molecule is CCC=CCCC(C)(C)C(=O)OCC. The third kappa shape index (κ3) is 5.05. The van der Waals surface area contributed by atoms with Crippen LogP contribution in [0, 0.1) is 5.41 Å². The zero-order chi connectivity index (χ0) is 11.0. The number of ether oxygens (including phenoxy) is 1. The molecule has 0 aliphatic rings. The monoisotopic (exact) mass is 198 g/mol. The molecule has 0 saturated carbocycles. The summed E-state index contributed by atoms with van der Waals surface area (Å²) in [5.74, 6) is -0.0927. The molecular formula is C12H22O2. The maximum absolute atomic E-state index is 11.5. The topological polar surface area (TPSA) is 26.3 Å². The van der Waals surface area contributed by atoms with Crippen LogP contribution in [0.2, 0.25) is 0 Å². The Morgan fingerprint density at radius 3 is 2.43 bits per heavy atom. The molecule has 0 saturated heterocycles. The molecule has 0 aromatic rings. The van der Waals surface area contributed by atoms with Gasteiger partial charge in [-0.05, 0) is 40.0 Å². The minimum atomic E-state index is -0.353. The summed E-state index contributed by atoms with van der Waals surface area (Å²) in [6, 6.07) is 0. The highest BCUT2D eigenvalue weighted by molar-refractivity contribution is 5.75. The molecule has 0 rings (SSSR count). The Bertz CT molecular complexity index is 192. The molecule has 0 aromatic carbocycles. The van der Waals surface area contributed by atoms with Crippen molar-refractivity contribution < 1.29 is 9.53 Å². The van der Waals surface area contributed by atoms with Crippen molar-refractivity contribution in [3.63, 3.8) is 0 Å². The number of carbonyl (C=O) groups excluding carboxylic acids is 1. The molecule has 0 aliphatic carbocycles. The minimum Gasteiger partial charge on any atom is -0.466 e. The summed E-state index contributed by atoms with van der Waals surface area (Å²) in [7, 11) is 0. The first kappa shape index (κ1) is 13.2. The zero-order valence-electron chi connectivity index (χ0n) is 9.80. The van der Waals surface area contributed by atoms with Crippen LogP contribution in [0.5, 0.6) is 0 Å². The molecule has 0 bridgehead atoms. The second kappa shape index (κ2) is 6.63. The van der Waals surface area contributed by atoms with Gasteiger partial charge in [0.1, 0.15) is 0 Å². The zero-order valence-corrected chi connectivity index (χ0v) is 9.80. The van der Waals surface area contributed by atoms with Crippen LogP contribution in [0.4, 0.5) is 0 Å². The molecule has 0 atom stereocenters. The molecule has 0 N–H and O–H groups in total. The van der Waals surface area contributed by atoms with Crippen molar-refractivity contribution in [3.05, 3.63) is 12.2 Å². The molecule has 2 heteroatoms. The Kier molecular flexibility index (Phi) is 6.26. The first-order valence-electron chi connectivity index (χ1n) is 5.36. The molecule has 0 spiro atoms. The van der Waals surface area contributed by atoms with Gasteiger partial charge in [-0.3, -0.25) is 4.79 Å². The molecule has 14 heavy (non-hydrogen) atoms. The van der Waals surface area contributed by atoms with E-state index in [1.165, 1.54) is 0 Å². The second-order valence-electron chi connectivity index (χ2n) is 4.02. The highest BCUT2D eigenvalue weighted by atomic mass is 16.5. The van der Waals surface area contributed by atoms with Gasteiger partial charge in [-0.1, -0.05) is 19.1 Å². The highest BCUT2D eigenvalue weighted by Crippen LogP contribution is 2.24. The molecule has 0 heterocycles. The van der Waals surface area contributed by atoms with Gasteiger partial charge >= 0.3 is 5.97 Å². The maximum atomic E-state index is 11.5. The van der Waals surface area contributed by atoms with Crippen molar-refractivity contribution in [1.82, 2.24) is 0 Å². The van der Waals surface area contributed by atoms with Crippen molar-refractivity contribution in [2.75, 3.05) is 6.61 Å². The van der Waals surface area contributed by atoms with E-state index in [-0.39, 0.29) is 11.4 Å². The fraction of sp³-hybridized carbons (Fsp3) is 0.750. The normalized spacial score (nSPS) is 12.0. The lowest BCUT2D eigenvalue weighted by molar-refractivity contribution is -0.153. The third-order valence-corrected chi connectivity index (χ3v) is 2.17. The van der Waals surface area contributed by atoms with Crippen LogP contribution in [-0.2, 0) is 9.53 Å². The standard InChI is InChI=1S/C12H22O2/c1-5-7-8-9-10-12(3,4)11(13)14-6-2/h7-8H,5-6,9-10H2,1-4H3. The Morgan fingerprint density at radius 1 is 1.29 bits per heavy atom. The van der Waals surface area contributed by atoms with Gasteiger partial charge in [0.15, 0.2) is 0 Å². The van der Waals surface area contributed by atoms with E-state index in [1.807, 2.05) is 20.8 Å². The van der Waals surface area contributed by atoms with E-state index in [0.29, 0.717) is 6.61 Å². The Balaban J connectivity index is 3.93. The van der Waals surface area contributed by atoms with Gasteiger partial charge in [-0.2, -0.15) is 0 Å². The Morgan fingerprint density at radius 2 is 1.93 bits per heavy atom. The predicted molar refractivity (Wildman–Crippen MR) is 59.1 cm³/mol. The van der Waals surface area contributed by atoms with Gasteiger partial charge in [0.25, 0.3) is 0 Å². The van der Waals surface area contributed by atoms with E-state index in [4.69, 9.17) is 4.74 Å². The molecule has 0 aromatic heterocycles. The van der Waals surface area contributed by atoms with Gasteiger partial charge in [0, 0.05) is 0 Å². The van der Waals surface area contributed by atoms with E-state index in [9.17, 15) is 4.79 Å². The van der Waals surface area contributed by atoms with Gasteiger partial charge < -0.3 is 4.74 Å². The lowest BCUT2D eigenvalue weighted by atomic mass is 9.88. The molecule has 0 fully saturated rings. The average Bonchev–Trinajstić information content (AvgIpc) is 2.13. The Labute approximate surface area is 87.3 Å². The minimum absolute atomic E-state index is 0.0927. The third-order valence-electron chi connectivity index (χ3n) is 2.17. The second-order valence-corrected chi connectivity index (χ2v) is 4.02. The molecular weight excluding hydrogens is 176 g/mol. The lowest BCUT2D eigenvalue weighted by Crippen LogP contribution is -2.26. The summed E-state index contributed by atoms with van der Waals surface area (Å²) in [6.07, 6.45) is 7.10. The summed E-state index contributed by atoms with van der Waals surface area (Å²) < 4.78 is 5.00. The molecule has 0 amide bonds. The summed E-state index contributed by atoms with van der Waals surface area (Å²) in [5.41, 5.74) is -0.353. The summed E-state index contributed by atoms with van der Waals surface area (Å²) in [6.45, 7) is 8.28. The van der Waals surface area contributed by atoms with Crippen LogP contribution >= 0.6 is 0 Å². The van der Waals surface area contributed by atoms with Gasteiger partial charge in [0.2, 0.25) is 0 Å². The van der Waals surface area contributed by atoms with Gasteiger partial charge in [-0.15, -0.1) is 0 Å². The molecule has 0 radical (unpaired) electrons. The molecule has 0 unspecified atom stereocenters. The quantitative estimate of drug-likeness (QED) is 0.483. The summed E-state index contributed by atoms with van der Waals surface area (Å²) >= 11 is 0. The number of hydrogen-bond donors (Lipinski definition) is 0. The van der Waals surface area contributed by atoms with Crippen molar-refractivity contribution >= 4 is 5.97 Å². The van der Waals surface area contributed by atoms with E-state index in [2.05, 4.69) is 19.1 Å². The van der Waals surface area contributed by atoms with E-state index in [1.54, 1.807) is 0 Å². The maximum Gasteiger partial charge on any atom is 0.311 e. The number of hydrogen-bond acceptors (Lipinski definition) is 2. The highest BCUT2D eigenvalue weighted by Gasteiger charge is 2.27. The van der Waals surface area contributed by atoms with Crippen molar-refractivity contribution in [2.24, 2.45) is 5.41 Å². The van der Waals surface area contributed by atoms with Crippen molar-refractivity contribution in [1.29, 1.82) is 0 Å². The van der Waals surface area contributed by atoms with E-state index in [0.717, 1.165) is 19.3 Å². The smallest absolute Gasteiger partial charge is 0.311 e. The van der Waals surface area contributed by atoms with Crippen LogP contribution in [0.1, 0.15) is 47.0 Å².